The zero-order chi connectivity index (χ0) is 26.6. The number of hydrogen-bond donors (Lipinski definition) is 4. The summed E-state index contributed by atoms with van der Waals surface area (Å²) in [4.78, 5) is 10.7. The van der Waals surface area contributed by atoms with Crippen LogP contribution in [0.3, 0.4) is 0 Å². The maximum Gasteiger partial charge on any atom is 0.229 e. The first-order valence-electron chi connectivity index (χ1n) is 12.7. The molecule has 0 radical (unpaired) electrons. The second-order valence-electron chi connectivity index (χ2n) is 10.4. The van der Waals surface area contributed by atoms with E-state index < -0.39 is 29.4 Å². The number of halogens is 2. The van der Waals surface area contributed by atoms with E-state index in [0.29, 0.717) is 43.1 Å². The lowest BCUT2D eigenvalue weighted by atomic mass is 9.75. The Hall–Kier alpha value is -3.67. The largest absolute Gasteiger partial charge is 0.391 e. The molecule has 11 heteroatoms. The smallest absolute Gasteiger partial charge is 0.229 e. The third kappa shape index (κ3) is 4.16. The first kappa shape index (κ1) is 24.7. The summed E-state index contributed by atoms with van der Waals surface area (Å²) >= 11 is 0. The van der Waals surface area contributed by atoms with Crippen molar-refractivity contribution in [1.29, 1.82) is 0 Å². The number of fused-ring (bicyclic) bond motifs is 1. The number of nitrogens with one attached hydrogen (secondary N) is 1. The maximum atomic E-state index is 15.1. The molecule has 2 fully saturated rings. The van der Waals surface area contributed by atoms with Crippen molar-refractivity contribution in [3.63, 3.8) is 0 Å². The number of imidazole rings is 1. The van der Waals surface area contributed by atoms with Gasteiger partial charge in [-0.2, -0.15) is 9.61 Å². The highest BCUT2D eigenvalue weighted by molar-refractivity contribution is 5.74. The van der Waals surface area contributed by atoms with E-state index in [-0.39, 0.29) is 22.7 Å². The molecular weight excluding hydrogens is 492 g/mol. The van der Waals surface area contributed by atoms with Crippen molar-refractivity contribution in [2.45, 2.75) is 43.9 Å². The Morgan fingerprint density at radius 2 is 1.87 bits per heavy atom. The molecular formula is C27H29F2N7O2. The number of pyridine rings is 1. The Labute approximate surface area is 217 Å². The molecule has 198 valence electrons. The molecule has 5 N–H and O–H groups in total. The van der Waals surface area contributed by atoms with Gasteiger partial charge in [0.1, 0.15) is 11.6 Å². The third-order valence-corrected chi connectivity index (χ3v) is 7.75. The monoisotopic (exact) mass is 521 g/mol. The van der Waals surface area contributed by atoms with Crippen LogP contribution in [-0.2, 0) is 5.60 Å². The van der Waals surface area contributed by atoms with Gasteiger partial charge in [-0.15, -0.1) is 0 Å². The summed E-state index contributed by atoms with van der Waals surface area (Å²) in [5.74, 6) is -1.24. The van der Waals surface area contributed by atoms with Crippen LogP contribution in [0, 0.1) is 17.6 Å². The van der Waals surface area contributed by atoms with Crippen LogP contribution >= 0.6 is 0 Å². The van der Waals surface area contributed by atoms with Crippen LogP contribution in [-0.4, -0.2) is 55.0 Å². The molecule has 3 aromatic heterocycles. The van der Waals surface area contributed by atoms with Gasteiger partial charge < -0.3 is 26.2 Å². The number of nitrogens with two attached hydrogens (primary N) is 1. The van der Waals surface area contributed by atoms with Gasteiger partial charge >= 0.3 is 0 Å². The summed E-state index contributed by atoms with van der Waals surface area (Å²) in [7, 11) is 0. The first-order valence-corrected chi connectivity index (χ1v) is 12.7. The van der Waals surface area contributed by atoms with Crippen LogP contribution in [0.25, 0.3) is 16.8 Å². The molecule has 0 spiro atoms. The minimum absolute atomic E-state index is 0.0163. The molecule has 3 unspecified atom stereocenters. The summed E-state index contributed by atoms with van der Waals surface area (Å²) in [6.07, 6.45) is 6.15. The second kappa shape index (κ2) is 9.26. The van der Waals surface area contributed by atoms with Gasteiger partial charge in [0.2, 0.25) is 5.95 Å². The number of aromatic nitrogens is 4. The zero-order valence-electron chi connectivity index (χ0n) is 20.9. The van der Waals surface area contributed by atoms with Crippen molar-refractivity contribution in [2.24, 2.45) is 11.7 Å². The lowest BCUT2D eigenvalue weighted by Crippen LogP contribution is -2.55. The number of benzene rings is 1. The summed E-state index contributed by atoms with van der Waals surface area (Å²) < 4.78 is 31.8. The molecule has 6 rings (SSSR count). The van der Waals surface area contributed by atoms with Gasteiger partial charge in [0.25, 0.3) is 0 Å². The van der Waals surface area contributed by atoms with E-state index in [9.17, 15) is 10.2 Å². The average molecular weight is 522 g/mol. The molecule has 1 aliphatic heterocycles. The lowest BCUT2D eigenvalue weighted by Gasteiger charge is -2.40. The number of nitrogens with zero attached hydrogens (tertiary/aromatic N) is 5. The third-order valence-electron chi connectivity index (χ3n) is 7.75. The minimum atomic E-state index is -1.17. The molecule has 4 aromatic rings. The van der Waals surface area contributed by atoms with Gasteiger partial charge in [0.05, 0.1) is 52.2 Å². The number of hydrogen-bond acceptors (Lipinski definition) is 8. The quantitative estimate of drug-likeness (QED) is 0.315. The van der Waals surface area contributed by atoms with Gasteiger partial charge in [0, 0.05) is 31.2 Å². The van der Waals surface area contributed by atoms with Crippen molar-refractivity contribution in [3.8, 4) is 11.3 Å². The van der Waals surface area contributed by atoms with Crippen molar-refractivity contribution >= 4 is 22.8 Å². The predicted molar refractivity (Wildman–Crippen MR) is 139 cm³/mol. The number of rotatable bonds is 5. The lowest BCUT2D eigenvalue weighted by molar-refractivity contribution is -0.0392. The zero-order valence-corrected chi connectivity index (χ0v) is 20.9. The molecule has 38 heavy (non-hydrogen) atoms. The molecule has 2 aliphatic rings. The van der Waals surface area contributed by atoms with E-state index in [0.717, 1.165) is 12.1 Å². The highest BCUT2D eigenvalue weighted by atomic mass is 19.1. The van der Waals surface area contributed by atoms with Crippen LogP contribution in [0.1, 0.15) is 31.7 Å². The topological polar surface area (TPSA) is 125 Å². The number of aliphatic hydroxyl groups excluding tert-OH is 1. The van der Waals surface area contributed by atoms with Gasteiger partial charge in [0.15, 0.2) is 0 Å². The molecule has 4 heterocycles. The van der Waals surface area contributed by atoms with Gasteiger partial charge in [-0.05, 0) is 55.2 Å². The molecule has 9 nitrogen and oxygen atoms in total. The molecule has 0 amide bonds. The standard InChI is InChI=1S/C27H29F2N7O2/c1-15-13-35(14-20(30)25(15)37)23-5-8-31-12-22(23)33-26-32-11-17-3-4-21(34-36(17)26)24-18(28)9-16(10-19(24)29)27(38)6-2-7-27/h3-5,8-12,15,20,25,37-38H,2,6-7,13-14,30H2,1H3,(H,32,33). The van der Waals surface area contributed by atoms with Crippen molar-refractivity contribution in [2.75, 3.05) is 23.3 Å². The van der Waals surface area contributed by atoms with Gasteiger partial charge in [-0.3, -0.25) is 4.98 Å². The number of aliphatic hydroxyl groups is 2. The fourth-order valence-corrected chi connectivity index (χ4v) is 5.38. The molecule has 3 atom stereocenters. The fourth-order valence-electron chi connectivity index (χ4n) is 5.38. The van der Waals surface area contributed by atoms with E-state index >= 15 is 8.78 Å². The molecule has 1 saturated heterocycles. The maximum absolute atomic E-state index is 15.1. The van der Waals surface area contributed by atoms with Gasteiger partial charge in [-0.1, -0.05) is 6.92 Å². The van der Waals surface area contributed by atoms with Crippen molar-refractivity contribution in [3.05, 3.63) is 66.1 Å². The van der Waals surface area contributed by atoms with Crippen LogP contribution in [0.15, 0.2) is 48.9 Å². The Morgan fingerprint density at radius 1 is 1.11 bits per heavy atom. The van der Waals surface area contributed by atoms with E-state index in [1.807, 2.05) is 13.0 Å². The Balaban J connectivity index is 1.34. The minimum Gasteiger partial charge on any atom is -0.391 e. The van der Waals surface area contributed by atoms with E-state index in [1.54, 1.807) is 24.7 Å². The molecule has 1 saturated carbocycles. The average Bonchev–Trinajstić information content (AvgIpc) is 3.27. The molecule has 0 bridgehead atoms. The normalized spacial score (nSPS) is 22.9. The highest BCUT2D eigenvalue weighted by Gasteiger charge is 2.37. The van der Waals surface area contributed by atoms with E-state index in [1.165, 1.54) is 22.7 Å². The fraction of sp³-hybridized carbons (Fsp3) is 0.370. The van der Waals surface area contributed by atoms with Crippen LogP contribution in [0.2, 0.25) is 0 Å². The van der Waals surface area contributed by atoms with Crippen molar-refractivity contribution < 1.29 is 19.0 Å². The van der Waals surface area contributed by atoms with Crippen LogP contribution in [0.4, 0.5) is 26.1 Å². The SMILES string of the molecule is CC1CN(c2ccncc2Nc2ncc3ccc(-c4c(F)cc(C5(O)CCC5)cc4F)nn23)CC(N)C1O. The van der Waals surface area contributed by atoms with Crippen molar-refractivity contribution in [1.82, 2.24) is 19.6 Å². The summed E-state index contributed by atoms with van der Waals surface area (Å²) in [6.45, 7) is 3.04. The van der Waals surface area contributed by atoms with Crippen LogP contribution in [0.5, 0.6) is 0 Å². The predicted octanol–water partition coefficient (Wildman–Crippen LogP) is 3.33. The van der Waals surface area contributed by atoms with E-state index in [4.69, 9.17) is 5.73 Å². The second-order valence-corrected chi connectivity index (χ2v) is 10.4. The van der Waals surface area contributed by atoms with E-state index in [2.05, 4.69) is 25.3 Å². The Bertz CT molecular complexity index is 1470. The number of piperidine rings is 1. The highest BCUT2D eigenvalue weighted by Crippen LogP contribution is 2.42. The summed E-state index contributed by atoms with van der Waals surface area (Å²) in [5.41, 5.74) is 7.18. The van der Waals surface area contributed by atoms with Gasteiger partial charge in [-0.25, -0.2) is 13.8 Å². The Morgan fingerprint density at radius 3 is 2.55 bits per heavy atom. The molecule has 1 aliphatic carbocycles. The molecule has 1 aromatic carbocycles. The summed E-state index contributed by atoms with van der Waals surface area (Å²) in [6, 6.07) is 7.08. The Kier molecular flexibility index (Phi) is 6.01. The van der Waals surface area contributed by atoms with Crippen LogP contribution < -0.4 is 16.0 Å². The summed E-state index contributed by atoms with van der Waals surface area (Å²) in [5, 5.41) is 28.5. The first-order chi connectivity index (χ1) is 18.2. The number of anilines is 3.